The summed E-state index contributed by atoms with van der Waals surface area (Å²) in [5, 5.41) is 0. The summed E-state index contributed by atoms with van der Waals surface area (Å²) >= 11 is 0. The molecule has 1 unspecified atom stereocenters. The second kappa shape index (κ2) is 5.11. The van der Waals surface area contributed by atoms with Crippen LogP contribution in [0.15, 0.2) is 42.5 Å². The average Bonchev–Trinajstić information content (AvgIpc) is 2.54. The number of hydrogen-bond acceptors (Lipinski definition) is 1. The molecular weight excluding hydrogens is 196 g/mol. The third kappa shape index (κ3) is 2.41. The van der Waals surface area contributed by atoms with E-state index >= 15 is 0 Å². The molecule has 1 aromatic rings. The maximum atomic E-state index is 12.3. The number of Topliss-reactive ketones (excluding diaryl/α,β-unsaturated/α-hetero) is 1. The molecule has 1 atom stereocenters. The Morgan fingerprint density at radius 1 is 1.12 bits per heavy atom. The van der Waals surface area contributed by atoms with Gasteiger partial charge in [0.1, 0.15) is 0 Å². The van der Waals surface area contributed by atoms with Crippen molar-refractivity contribution in [2.75, 3.05) is 0 Å². The van der Waals surface area contributed by atoms with Crippen LogP contribution in [-0.4, -0.2) is 5.78 Å². The molecule has 1 aliphatic carbocycles. The summed E-state index contributed by atoms with van der Waals surface area (Å²) in [6, 6.07) is 9.60. The van der Waals surface area contributed by atoms with Gasteiger partial charge in [0.05, 0.1) is 0 Å². The van der Waals surface area contributed by atoms with Gasteiger partial charge in [-0.2, -0.15) is 0 Å². The SMILES string of the molecule is C=C1CCCCCC1C(=O)c1ccccc1. The van der Waals surface area contributed by atoms with Gasteiger partial charge >= 0.3 is 0 Å². The second-order valence-corrected chi connectivity index (χ2v) is 4.54. The molecule has 2 rings (SSSR count). The fourth-order valence-corrected chi connectivity index (χ4v) is 2.38. The molecule has 1 fully saturated rings. The normalized spacial score (nSPS) is 21.5. The van der Waals surface area contributed by atoms with E-state index in [1.54, 1.807) is 0 Å². The van der Waals surface area contributed by atoms with Gasteiger partial charge in [0.2, 0.25) is 0 Å². The fourth-order valence-electron chi connectivity index (χ4n) is 2.38. The van der Waals surface area contributed by atoms with E-state index in [1.807, 2.05) is 30.3 Å². The maximum Gasteiger partial charge on any atom is 0.169 e. The highest BCUT2D eigenvalue weighted by molar-refractivity contribution is 5.99. The summed E-state index contributed by atoms with van der Waals surface area (Å²) in [4.78, 5) is 12.3. The van der Waals surface area contributed by atoms with Crippen molar-refractivity contribution in [1.29, 1.82) is 0 Å². The number of carbonyl (C=O) groups excluding carboxylic acids is 1. The zero-order chi connectivity index (χ0) is 11.4. The zero-order valence-electron chi connectivity index (χ0n) is 9.61. The summed E-state index contributed by atoms with van der Waals surface area (Å²) in [6.45, 7) is 4.08. The largest absolute Gasteiger partial charge is 0.294 e. The molecular formula is C15H18O. The molecule has 0 aromatic heterocycles. The Labute approximate surface area is 97.2 Å². The molecule has 0 heterocycles. The lowest BCUT2D eigenvalue weighted by Crippen LogP contribution is -2.15. The minimum Gasteiger partial charge on any atom is -0.294 e. The summed E-state index contributed by atoms with van der Waals surface area (Å²) in [6.07, 6.45) is 5.58. The van der Waals surface area contributed by atoms with Crippen LogP contribution in [0.1, 0.15) is 42.5 Å². The first-order chi connectivity index (χ1) is 7.79. The smallest absolute Gasteiger partial charge is 0.169 e. The van der Waals surface area contributed by atoms with E-state index in [1.165, 1.54) is 12.8 Å². The Kier molecular flexibility index (Phi) is 3.55. The second-order valence-electron chi connectivity index (χ2n) is 4.54. The summed E-state index contributed by atoms with van der Waals surface area (Å²) in [7, 11) is 0. The lowest BCUT2D eigenvalue weighted by Gasteiger charge is -2.15. The van der Waals surface area contributed by atoms with Gasteiger partial charge in [0.25, 0.3) is 0 Å². The highest BCUT2D eigenvalue weighted by Crippen LogP contribution is 2.29. The van der Waals surface area contributed by atoms with Crippen molar-refractivity contribution in [2.24, 2.45) is 5.92 Å². The highest BCUT2D eigenvalue weighted by atomic mass is 16.1. The number of allylic oxidation sites excluding steroid dienone is 1. The third-order valence-corrected chi connectivity index (χ3v) is 3.36. The molecule has 1 aromatic carbocycles. The summed E-state index contributed by atoms with van der Waals surface area (Å²) < 4.78 is 0. The van der Waals surface area contributed by atoms with E-state index in [0.29, 0.717) is 0 Å². The van der Waals surface area contributed by atoms with Crippen molar-refractivity contribution in [1.82, 2.24) is 0 Å². The van der Waals surface area contributed by atoms with Gasteiger partial charge in [0.15, 0.2) is 5.78 Å². The number of benzene rings is 1. The van der Waals surface area contributed by atoms with Crippen LogP contribution >= 0.6 is 0 Å². The van der Waals surface area contributed by atoms with Crippen molar-refractivity contribution in [3.8, 4) is 0 Å². The van der Waals surface area contributed by atoms with Crippen LogP contribution in [0.2, 0.25) is 0 Å². The van der Waals surface area contributed by atoms with Crippen molar-refractivity contribution in [2.45, 2.75) is 32.1 Å². The minimum atomic E-state index is 0.0601. The fraction of sp³-hybridized carbons (Fsp3) is 0.400. The van der Waals surface area contributed by atoms with E-state index in [2.05, 4.69) is 6.58 Å². The van der Waals surface area contributed by atoms with Crippen molar-refractivity contribution >= 4 is 5.78 Å². The van der Waals surface area contributed by atoms with Crippen molar-refractivity contribution < 1.29 is 4.79 Å². The molecule has 1 nitrogen and oxygen atoms in total. The van der Waals surface area contributed by atoms with Crippen LogP contribution in [0.25, 0.3) is 0 Å². The van der Waals surface area contributed by atoms with E-state index in [9.17, 15) is 4.79 Å². The lowest BCUT2D eigenvalue weighted by molar-refractivity contribution is 0.0934. The quantitative estimate of drug-likeness (QED) is 0.413. The lowest BCUT2D eigenvalue weighted by atomic mass is 9.88. The molecule has 0 amide bonds. The Morgan fingerprint density at radius 2 is 1.88 bits per heavy atom. The number of ketones is 1. The van der Waals surface area contributed by atoms with Gasteiger partial charge in [-0.15, -0.1) is 0 Å². The molecule has 1 heteroatoms. The number of rotatable bonds is 2. The van der Waals surface area contributed by atoms with Gasteiger partial charge in [-0.1, -0.05) is 55.3 Å². The first-order valence-corrected chi connectivity index (χ1v) is 6.06. The predicted molar refractivity (Wildman–Crippen MR) is 66.5 cm³/mol. The van der Waals surface area contributed by atoms with E-state index in [0.717, 1.165) is 30.4 Å². The van der Waals surface area contributed by atoms with Gasteiger partial charge < -0.3 is 0 Å². The Morgan fingerprint density at radius 3 is 2.62 bits per heavy atom. The first kappa shape index (κ1) is 11.1. The number of hydrogen-bond donors (Lipinski definition) is 0. The Balaban J connectivity index is 2.17. The first-order valence-electron chi connectivity index (χ1n) is 6.06. The third-order valence-electron chi connectivity index (χ3n) is 3.36. The standard InChI is InChI=1S/C15H18O/c1-12-8-4-2-7-11-14(12)15(16)13-9-5-3-6-10-13/h3,5-6,9-10,14H,1-2,4,7-8,11H2. The summed E-state index contributed by atoms with van der Waals surface area (Å²) in [5.74, 6) is 0.317. The molecule has 0 aliphatic heterocycles. The van der Waals surface area contributed by atoms with Crippen LogP contribution < -0.4 is 0 Å². The van der Waals surface area contributed by atoms with Gasteiger partial charge in [-0.3, -0.25) is 4.79 Å². The molecule has 0 saturated heterocycles. The van der Waals surface area contributed by atoms with Crippen LogP contribution in [-0.2, 0) is 0 Å². The summed E-state index contributed by atoms with van der Waals surface area (Å²) in [5.41, 5.74) is 1.96. The Hall–Kier alpha value is -1.37. The van der Waals surface area contributed by atoms with E-state index in [-0.39, 0.29) is 11.7 Å². The molecule has 16 heavy (non-hydrogen) atoms. The molecule has 84 valence electrons. The zero-order valence-corrected chi connectivity index (χ0v) is 9.61. The minimum absolute atomic E-state index is 0.0601. The molecule has 0 bridgehead atoms. The van der Waals surface area contributed by atoms with Crippen LogP contribution in [0.3, 0.4) is 0 Å². The Bertz CT molecular complexity index is 378. The maximum absolute atomic E-state index is 12.3. The number of carbonyl (C=O) groups is 1. The predicted octanol–water partition coefficient (Wildman–Crippen LogP) is 4.01. The van der Waals surface area contributed by atoms with Gasteiger partial charge in [0, 0.05) is 11.5 Å². The van der Waals surface area contributed by atoms with Crippen LogP contribution in [0, 0.1) is 5.92 Å². The molecule has 1 aliphatic rings. The highest BCUT2D eigenvalue weighted by Gasteiger charge is 2.23. The topological polar surface area (TPSA) is 17.1 Å². The van der Waals surface area contributed by atoms with Crippen LogP contribution in [0.5, 0.6) is 0 Å². The molecule has 0 N–H and O–H groups in total. The molecule has 1 saturated carbocycles. The van der Waals surface area contributed by atoms with Crippen molar-refractivity contribution in [3.63, 3.8) is 0 Å². The monoisotopic (exact) mass is 214 g/mol. The van der Waals surface area contributed by atoms with Gasteiger partial charge in [-0.05, 0) is 19.3 Å². The van der Waals surface area contributed by atoms with Crippen LogP contribution in [0.4, 0.5) is 0 Å². The van der Waals surface area contributed by atoms with Crippen molar-refractivity contribution in [3.05, 3.63) is 48.0 Å². The molecule has 0 radical (unpaired) electrons. The van der Waals surface area contributed by atoms with E-state index in [4.69, 9.17) is 0 Å². The average molecular weight is 214 g/mol. The van der Waals surface area contributed by atoms with Gasteiger partial charge in [-0.25, -0.2) is 0 Å². The van der Waals surface area contributed by atoms with E-state index < -0.39 is 0 Å². The molecule has 0 spiro atoms.